The lowest BCUT2D eigenvalue weighted by Crippen LogP contribution is -2.02. The van der Waals surface area contributed by atoms with E-state index in [2.05, 4.69) is 0 Å². The number of thiophene rings is 1. The first-order chi connectivity index (χ1) is 17.9. The number of carbonyl (C=O) groups is 1. The number of hydrogen-bond acceptors (Lipinski definition) is 8. The number of nitro groups is 1. The van der Waals surface area contributed by atoms with Crippen molar-refractivity contribution in [3.8, 4) is 33.9 Å². The van der Waals surface area contributed by atoms with Gasteiger partial charge in [0.15, 0.2) is 0 Å². The molecular weight excluding hydrogens is 490 g/mol. The van der Waals surface area contributed by atoms with Crippen LogP contribution in [0.4, 0.5) is 11.4 Å². The Morgan fingerprint density at radius 2 is 1.46 bits per heavy atom. The molecular formula is C28H21N3O5S. The number of benzene rings is 3. The summed E-state index contributed by atoms with van der Waals surface area (Å²) in [5.74, 6) is 1.13. The van der Waals surface area contributed by atoms with E-state index >= 15 is 0 Å². The number of hydrogen-bond donors (Lipinski definition) is 1. The van der Waals surface area contributed by atoms with Crippen molar-refractivity contribution >= 4 is 38.7 Å². The molecule has 3 aromatic carbocycles. The van der Waals surface area contributed by atoms with Gasteiger partial charge in [-0.1, -0.05) is 12.1 Å². The number of rotatable bonds is 7. The average molecular weight is 512 g/mol. The van der Waals surface area contributed by atoms with Gasteiger partial charge in [-0.3, -0.25) is 14.9 Å². The van der Waals surface area contributed by atoms with E-state index in [4.69, 9.17) is 20.2 Å². The Bertz CT molecular complexity index is 1630. The van der Waals surface area contributed by atoms with Crippen molar-refractivity contribution in [3.63, 3.8) is 0 Å². The summed E-state index contributed by atoms with van der Waals surface area (Å²) >= 11 is 1.20. The first kappa shape index (κ1) is 24.0. The summed E-state index contributed by atoms with van der Waals surface area (Å²) in [6, 6.07) is 22.6. The molecule has 0 aliphatic heterocycles. The van der Waals surface area contributed by atoms with Crippen LogP contribution in [-0.2, 0) is 0 Å². The summed E-state index contributed by atoms with van der Waals surface area (Å²) in [6.45, 7) is 0. The van der Waals surface area contributed by atoms with Crippen molar-refractivity contribution in [3.05, 3.63) is 99.4 Å². The molecule has 0 radical (unpaired) electrons. The summed E-state index contributed by atoms with van der Waals surface area (Å²) in [4.78, 5) is 29.7. The van der Waals surface area contributed by atoms with Gasteiger partial charge in [0.25, 0.3) is 5.69 Å². The highest BCUT2D eigenvalue weighted by atomic mass is 32.1. The van der Waals surface area contributed by atoms with Gasteiger partial charge in [-0.15, -0.1) is 11.3 Å². The van der Waals surface area contributed by atoms with Gasteiger partial charge in [0, 0.05) is 28.6 Å². The van der Waals surface area contributed by atoms with Gasteiger partial charge in [0.05, 0.1) is 30.5 Å². The van der Waals surface area contributed by atoms with E-state index in [0.717, 1.165) is 33.9 Å². The number of fused-ring (bicyclic) bond motifs is 1. The molecule has 0 aliphatic carbocycles. The fourth-order valence-electron chi connectivity index (χ4n) is 4.06. The smallest absolute Gasteiger partial charge is 0.269 e. The number of methoxy groups -OCH3 is 2. The highest BCUT2D eigenvalue weighted by Crippen LogP contribution is 2.42. The zero-order valence-electron chi connectivity index (χ0n) is 19.9. The number of nitro benzene ring substituents is 1. The Balaban J connectivity index is 1.68. The Kier molecular flexibility index (Phi) is 6.29. The van der Waals surface area contributed by atoms with Crippen LogP contribution in [0.5, 0.6) is 11.5 Å². The molecule has 0 bridgehead atoms. The van der Waals surface area contributed by atoms with Crippen molar-refractivity contribution in [1.29, 1.82) is 0 Å². The summed E-state index contributed by atoms with van der Waals surface area (Å²) in [5, 5.41) is 11.7. The van der Waals surface area contributed by atoms with Crippen LogP contribution in [0.15, 0.2) is 78.9 Å². The minimum Gasteiger partial charge on any atom is -0.497 e. The summed E-state index contributed by atoms with van der Waals surface area (Å²) in [6.07, 6.45) is 0. The molecule has 0 fully saturated rings. The van der Waals surface area contributed by atoms with Gasteiger partial charge < -0.3 is 15.2 Å². The predicted octanol–water partition coefficient (Wildman–Crippen LogP) is 6.37. The van der Waals surface area contributed by atoms with E-state index in [1.54, 1.807) is 14.2 Å². The quantitative estimate of drug-likeness (QED) is 0.153. The lowest BCUT2D eigenvalue weighted by Gasteiger charge is -2.10. The first-order valence-corrected chi connectivity index (χ1v) is 12.0. The number of ether oxygens (including phenoxy) is 2. The number of anilines is 1. The van der Waals surface area contributed by atoms with Crippen LogP contribution < -0.4 is 15.2 Å². The summed E-state index contributed by atoms with van der Waals surface area (Å²) < 4.78 is 10.6. The van der Waals surface area contributed by atoms with Crippen LogP contribution in [0, 0.1) is 10.1 Å². The second-order valence-corrected chi connectivity index (χ2v) is 9.17. The Labute approximate surface area is 216 Å². The molecule has 5 aromatic rings. The number of non-ortho nitro benzene ring substituents is 1. The van der Waals surface area contributed by atoms with Crippen LogP contribution in [-0.4, -0.2) is 29.9 Å². The van der Waals surface area contributed by atoms with Gasteiger partial charge >= 0.3 is 0 Å². The van der Waals surface area contributed by atoms with Crippen LogP contribution in [0.25, 0.3) is 32.6 Å². The number of carbonyl (C=O) groups excluding carboxylic acids is 1. The van der Waals surface area contributed by atoms with E-state index in [1.807, 2.05) is 54.6 Å². The molecule has 0 spiro atoms. The molecule has 37 heavy (non-hydrogen) atoms. The Hall–Kier alpha value is -4.76. The maximum Gasteiger partial charge on any atom is 0.269 e. The van der Waals surface area contributed by atoms with E-state index in [-0.39, 0.29) is 11.5 Å². The van der Waals surface area contributed by atoms with Gasteiger partial charge in [0.1, 0.15) is 21.2 Å². The molecule has 0 aliphatic rings. The minimum absolute atomic E-state index is 0.0894. The van der Waals surface area contributed by atoms with E-state index in [0.29, 0.717) is 26.3 Å². The van der Waals surface area contributed by atoms with Crippen molar-refractivity contribution in [1.82, 2.24) is 4.98 Å². The normalized spacial score (nSPS) is 10.9. The molecule has 9 heteroatoms. The molecule has 2 aromatic heterocycles. The second kappa shape index (κ2) is 9.71. The minimum atomic E-state index is -0.506. The molecule has 2 heterocycles. The highest BCUT2D eigenvalue weighted by molar-refractivity contribution is 7.21. The third-order valence-electron chi connectivity index (χ3n) is 6.03. The van der Waals surface area contributed by atoms with Gasteiger partial charge in [-0.2, -0.15) is 0 Å². The van der Waals surface area contributed by atoms with Gasteiger partial charge in [0.2, 0.25) is 5.78 Å². The standard InChI is InChI=1S/C28H21N3O5S/c1-35-20-11-5-16(6-12-20)22-15-23(17-7-13-21(36-2)14-8-17)30-28-24(22)25(29)27(37-28)26(32)18-3-9-19(10-4-18)31(33)34/h3-15H,29H2,1-2H3. The molecule has 5 rings (SSSR count). The number of ketones is 1. The first-order valence-electron chi connectivity index (χ1n) is 11.2. The van der Waals surface area contributed by atoms with Gasteiger partial charge in [-0.25, -0.2) is 4.98 Å². The largest absolute Gasteiger partial charge is 0.497 e. The molecule has 0 amide bonds. The molecule has 8 nitrogen and oxygen atoms in total. The van der Waals surface area contributed by atoms with Crippen molar-refractivity contribution in [2.24, 2.45) is 0 Å². The predicted molar refractivity (Wildman–Crippen MR) is 145 cm³/mol. The molecule has 0 saturated carbocycles. The monoisotopic (exact) mass is 511 g/mol. The zero-order valence-corrected chi connectivity index (χ0v) is 20.7. The van der Waals surface area contributed by atoms with E-state index in [9.17, 15) is 14.9 Å². The number of nitrogen functional groups attached to an aromatic ring is 1. The second-order valence-electron chi connectivity index (χ2n) is 8.17. The molecule has 2 N–H and O–H groups in total. The Morgan fingerprint density at radius 1 is 0.892 bits per heavy atom. The maximum absolute atomic E-state index is 13.4. The fraction of sp³-hybridized carbons (Fsp3) is 0.0714. The molecule has 184 valence electrons. The number of nitrogens with two attached hydrogens (primary N) is 1. The molecule has 0 atom stereocenters. The topological polar surface area (TPSA) is 118 Å². The number of aromatic nitrogens is 1. The van der Waals surface area contributed by atoms with Crippen LogP contribution in [0.2, 0.25) is 0 Å². The van der Waals surface area contributed by atoms with Crippen LogP contribution >= 0.6 is 11.3 Å². The van der Waals surface area contributed by atoms with Crippen LogP contribution in [0.3, 0.4) is 0 Å². The van der Waals surface area contributed by atoms with E-state index < -0.39 is 4.92 Å². The number of nitrogens with zero attached hydrogens (tertiary/aromatic N) is 2. The highest BCUT2D eigenvalue weighted by Gasteiger charge is 2.23. The maximum atomic E-state index is 13.4. The summed E-state index contributed by atoms with van der Waals surface area (Å²) in [5.41, 5.74) is 10.4. The third kappa shape index (κ3) is 4.48. The Morgan fingerprint density at radius 3 is 2.00 bits per heavy atom. The van der Waals surface area contributed by atoms with E-state index in [1.165, 1.54) is 35.6 Å². The zero-order chi connectivity index (χ0) is 26.1. The van der Waals surface area contributed by atoms with Crippen molar-refractivity contribution < 1.29 is 19.2 Å². The third-order valence-corrected chi connectivity index (χ3v) is 7.13. The van der Waals surface area contributed by atoms with Crippen molar-refractivity contribution in [2.75, 3.05) is 20.0 Å². The average Bonchev–Trinajstić information content (AvgIpc) is 3.28. The molecule has 0 unspecified atom stereocenters. The lowest BCUT2D eigenvalue weighted by atomic mass is 9.98. The lowest BCUT2D eigenvalue weighted by molar-refractivity contribution is -0.384. The van der Waals surface area contributed by atoms with Gasteiger partial charge in [-0.05, 0) is 65.7 Å². The fourth-order valence-corrected chi connectivity index (χ4v) is 5.15. The van der Waals surface area contributed by atoms with Crippen molar-refractivity contribution in [2.45, 2.75) is 0 Å². The molecule has 0 saturated heterocycles. The SMILES string of the molecule is COc1ccc(-c2cc(-c3ccc(OC)cc3)c3c(N)c(C(=O)c4ccc([N+](=O)[O-])cc4)sc3n2)cc1. The summed E-state index contributed by atoms with van der Waals surface area (Å²) in [7, 11) is 3.22. The van der Waals surface area contributed by atoms with Crippen LogP contribution in [0.1, 0.15) is 15.2 Å². The number of pyridine rings is 1.